The van der Waals surface area contributed by atoms with Gasteiger partial charge in [0, 0.05) is 19.7 Å². The van der Waals surface area contributed by atoms with Gasteiger partial charge in [-0.1, -0.05) is 0 Å². The van der Waals surface area contributed by atoms with E-state index in [1.807, 2.05) is 0 Å². The van der Waals surface area contributed by atoms with Gasteiger partial charge in [0.25, 0.3) is 5.91 Å². The summed E-state index contributed by atoms with van der Waals surface area (Å²) in [4.78, 5) is 24.2. The summed E-state index contributed by atoms with van der Waals surface area (Å²) < 4.78 is 10.6. The standard InChI is InChI=1S/C12H19NO5/c14-11(15)8-18-9-3-5-13(6-4-9)12(16)10-2-1-7-17-10/h9-10H,1-8H2,(H,14,15)/t10-/m0/s1. The zero-order valence-corrected chi connectivity index (χ0v) is 10.3. The topological polar surface area (TPSA) is 76.1 Å². The highest BCUT2D eigenvalue weighted by Gasteiger charge is 2.31. The minimum absolute atomic E-state index is 0.0466. The first kappa shape index (κ1) is 13.3. The quantitative estimate of drug-likeness (QED) is 0.781. The Hall–Kier alpha value is -1.14. The van der Waals surface area contributed by atoms with Crippen LogP contribution in [0.4, 0.5) is 0 Å². The number of ether oxygens (including phenoxy) is 2. The van der Waals surface area contributed by atoms with Crippen molar-refractivity contribution < 1.29 is 24.2 Å². The third-order valence-corrected chi connectivity index (χ3v) is 3.40. The molecule has 2 saturated heterocycles. The molecule has 6 heteroatoms. The minimum Gasteiger partial charge on any atom is -0.480 e. The summed E-state index contributed by atoms with van der Waals surface area (Å²) >= 11 is 0. The summed E-state index contributed by atoms with van der Waals surface area (Å²) in [6.07, 6.45) is 2.86. The van der Waals surface area contributed by atoms with Crippen molar-refractivity contribution in [3.05, 3.63) is 0 Å². The number of amides is 1. The third-order valence-electron chi connectivity index (χ3n) is 3.40. The van der Waals surface area contributed by atoms with Crippen LogP contribution in [-0.4, -0.2) is 60.4 Å². The van der Waals surface area contributed by atoms with Gasteiger partial charge in [-0.25, -0.2) is 4.79 Å². The first-order chi connectivity index (χ1) is 8.66. The van der Waals surface area contributed by atoms with E-state index in [9.17, 15) is 9.59 Å². The van der Waals surface area contributed by atoms with Crippen LogP contribution in [0.15, 0.2) is 0 Å². The molecule has 1 N–H and O–H groups in total. The van der Waals surface area contributed by atoms with Crippen LogP contribution in [0.3, 0.4) is 0 Å². The molecule has 6 nitrogen and oxygen atoms in total. The number of hydrogen-bond donors (Lipinski definition) is 1. The second-order valence-electron chi connectivity index (χ2n) is 4.73. The number of piperidine rings is 1. The van der Waals surface area contributed by atoms with Crippen molar-refractivity contribution in [1.29, 1.82) is 0 Å². The smallest absolute Gasteiger partial charge is 0.329 e. The van der Waals surface area contributed by atoms with E-state index in [1.54, 1.807) is 4.90 Å². The first-order valence-corrected chi connectivity index (χ1v) is 6.40. The lowest BCUT2D eigenvalue weighted by atomic mass is 10.1. The molecule has 1 amide bonds. The van der Waals surface area contributed by atoms with Crippen molar-refractivity contribution in [2.45, 2.75) is 37.9 Å². The maximum Gasteiger partial charge on any atom is 0.329 e. The molecule has 18 heavy (non-hydrogen) atoms. The van der Waals surface area contributed by atoms with Crippen molar-refractivity contribution in [3.63, 3.8) is 0 Å². The summed E-state index contributed by atoms with van der Waals surface area (Å²) in [5, 5.41) is 8.52. The molecule has 0 bridgehead atoms. The Morgan fingerprint density at radius 2 is 2.00 bits per heavy atom. The normalized spacial score (nSPS) is 25.3. The number of rotatable bonds is 4. The van der Waals surface area contributed by atoms with Crippen molar-refractivity contribution in [2.24, 2.45) is 0 Å². The molecule has 0 saturated carbocycles. The van der Waals surface area contributed by atoms with Crippen LogP contribution in [0.1, 0.15) is 25.7 Å². The second-order valence-corrected chi connectivity index (χ2v) is 4.73. The third kappa shape index (κ3) is 3.43. The predicted octanol–water partition coefficient (Wildman–Crippen LogP) is 0.258. The fourth-order valence-corrected chi connectivity index (χ4v) is 2.41. The Balaban J connectivity index is 1.72. The van der Waals surface area contributed by atoms with E-state index >= 15 is 0 Å². The Bertz CT molecular complexity index is 306. The van der Waals surface area contributed by atoms with E-state index in [0.717, 1.165) is 12.8 Å². The lowest BCUT2D eigenvalue weighted by Crippen LogP contribution is -2.45. The molecule has 2 aliphatic rings. The van der Waals surface area contributed by atoms with E-state index in [-0.39, 0.29) is 24.7 Å². The van der Waals surface area contributed by atoms with Crippen LogP contribution >= 0.6 is 0 Å². The van der Waals surface area contributed by atoms with Gasteiger partial charge in [0.05, 0.1) is 6.10 Å². The highest BCUT2D eigenvalue weighted by atomic mass is 16.5. The predicted molar refractivity (Wildman–Crippen MR) is 62.2 cm³/mol. The van der Waals surface area contributed by atoms with Crippen molar-refractivity contribution in [1.82, 2.24) is 4.90 Å². The summed E-state index contributed by atoms with van der Waals surface area (Å²) in [5.74, 6) is -0.878. The number of likely N-dealkylation sites (tertiary alicyclic amines) is 1. The Kier molecular flexibility index (Phi) is 4.54. The lowest BCUT2D eigenvalue weighted by molar-refractivity contribution is -0.149. The second kappa shape index (κ2) is 6.15. The fraction of sp³-hybridized carbons (Fsp3) is 0.833. The monoisotopic (exact) mass is 257 g/mol. The SMILES string of the molecule is O=C(O)COC1CCN(C(=O)[C@@H]2CCCO2)CC1. The summed E-state index contributed by atoms with van der Waals surface area (Å²) in [7, 11) is 0. The van der Waals surface area contributed by atoms with E-state index in [4.69, 9.17) is 14.6 Å². The van der Waals surface area contributed by atoms with Gasteiger partial charge in [-0.3, -0.25) is 4.79 Å². The van der Waals surface area contributed by atoms with Crippen LogP contribution in [0.25, 0.3) is 0 Å². The van der Waals surface area contributed by atoms with Gasteiger partial charge in [0.15, 0.2) is 0 Å². The highest BCUT2D eigenvalue weighted by Crippen LogP contribution is 2.19. The molecule has 2 fully saturated rings. The van der Waals surface area contributed by atoms with Gasteiger partial charge < -0.3 is 19.5 Å². The fourth-order valence-electron chi connectivity index (χ4n) is 2.41. The van der Waals surface area contributed by atoms with Crippen LogP contribution in [-0.2, 0) is 19.1 Å². The van der Waals surface area contributed by atoms with Crippen LogP contribution < -0.4 is 0 Å². The molecule has 2 heterocycles. The maximum absolute atomic E-state index is 12.0. The lowest BCUT2D eigenvalue weighted by Gasteiger charge is -2.32. The summed E-state index contributed by atoms with van der Waals surface area (Å²) in [6, 6.07) is 0. The number of carboxylic acids is 1. The molecule has 0 unspecified atom stereocenters. The molecule has 2 aliphatic heterocycles. The molecule has 1 atom stereocenters. The van der Waals surface area contributed by atoms with Gasteiger partial charge in [-0.2, -0.15) is 0 Å². The van der Waals surface area contributed by atoms with Crippen molar-refractivity contribution in [3.8, 4) is 0 Å². The molecule has 0 aromatic carbocycles. The van der Waals surface area contributed by atoms with Gasteiger partial charge in [-0.15, -0.1) is 0 Å². The highest BCUT2D eigenvalue weighted by molar-refractivity contribution is 5.81. The molecule has 2 rings (SSSR count). The zero-order valence-electron chi connectivity index (χ0n) is 10.3. The molecule has 0 aromatic heterocycles. The Morgan fingerprint density at radius 1 is 1.28 bits per heavy atom. The number of carboxylic acid groups (broad SMARTS) is 1. The Morgan fingerprint density at radius 3 is 2.56 bits per heavy atom. The first-order valence-electron chi connectivity index (χ1n) is 6.40. The number of carbonyl (C=O) groups is 2. The molecule has 0 radical (unpaired) electrons. The summed E-state index contributed by atoms with van der Waals surface area (Å²) in [5.41, 5.74) is 0. The number of nitrogens with zero attached hydrogens (tertiary/aromatic N) is 1. The van der Waals surface area contributed by atoms with Crippen LogP contribution in [0, 0.1) is 0 Å². The summed E-state index contributed by atoms with van der Waals surface area (Å²) in [6.45, 7) is 1.67. The number of hydrogen-bond acceptors (Lipinski definition) is 4. The molecule has 0 aliphatic carbocycles. The van der Waals surface area contributed by atoms with Crippen molar-refractivity contribution in [2.75, 3.05) is 26.3 Å². The van der Waals surface area contributed by atoms with E-state index in [0.29, 0.717) is 32.5 Å². The van der Waals surface area contributed by atoms with E-state index in [2.05, 4.69) is 0 Å². The van der Waals surface area contributed by atoms with Gasteiger partial charge >= 0.3 is 5.97 Å². The maximum atomic E-state index is 12.0. The van der Waals surface area contributed by atoms with E-state index < -0.39 is 5.97 Å². The average molecular weight is 257 g/mol. The molecule has 102 valence electrons. The van der Waals surface area contributed by atoms with Crippen LogP contribution in [0.2, 0.25) is 0 Å². The molecular weight excluding hydrogens is 238 g/mol. The molecule has 0 aromatic rings. The van der Waals surface area contributed by atoms with Crippen LogP contribution in [0.5, 0.6) is 0 Å². The van der Waals surface area contributed by atoms with Gasteiger partial charge in [0.1, 0.15) is 12.7 Å². The van der Waals surface area contributed by atoms with Gasteiger partial charge in [0.2, 0.25) is 0 Å². The number of carbonyl (C=O) groups excluding carboxylic acids is 1. The van der Waals surface area contributed by atoms with Gasteiger partial charge in [-0.05, 0) is 25.7 Å². The largest absolute Gasteiger partial charge is 0.480 e. The minimum atomic E-state index is -0.951. The van der Waals surface area contributed by atoms with Crippen molar-refractivity contribution >= 4 is 11.9 Å². The average Bonchev–Trinajstić information content (AvgIpc) is 2.90. The van der Waals surface area contributed by atoms with E-state index in [1.165, 1.54) is 0 Å². The molecular formula is C12H19NO5. The zero-order chi connectivity index (χ0) is 13.0. The number of aliphatic carboxylic acids is 1. The molecule has 0 spiro atoms. The Labute approximate surface area is 106 Å².